The average molecular weight is 491 g/mol. The van der Waals surface area contributed by atoms with Gasteiger partial charge in [0.15, 0.2) is 0 Å². The van der Waals surface area contributed by atoms with E-state index >= 15 is 0 Å². The fraction of sp³-hybridized carbons (Fsp3) is 0.0476. The lowest BCUT2D eigenvalue weighted by atomic mass is 10.1. The minimum Gasteiger partial charge on any atom is -0.488 e. The number of hydrogen-bond donors (Lipinski definition) is 0. The second-order valence-electron chi connectivity index (χ2n) is 5.72. The van der Waals surface area contributed by atoms with E-state index in [1.807, 2.05) is 22.6 Å². The van der Waals surface area contributed by atoms with Crippen molar-refractivity contribution < 1.29 is 18.4 Å². The molecule has 0 saturated heterocycles. The molecule has 3 aromatic carbocycles. The first kappa shape index (κ1) is 19.8. The van der Waals surface area contributed by atoms with Crippen LogP contribution in [0.2, 0.25) is 0 Å². The summed E-state index contributed by atoms with van der Waals surface area (Å²) in [4.78, 5) is 10.4. The third kappa shape index (κ3) is 5.04. The second-order valence-corrected chi connectivity index (χ2v) is 6.88. The molecule has 0 saturated carbocycles. The molecule has 0 amide bonds. The number of rotatable bonds is 4. The molecule has 7 heteroatoms. The second kappa shape index (κ2) is 8.80. The first-order chi connectivity index (χ1) is 13.4. The molecule has 0 unspecified atom stereocenters. The van der Waals surface area contributed by atoms with Crippen LogP contribution in [0, 0.1) is 37.2 Å². The molecule has 3 aromatic rings. The fourth-order valence-corrected chi connectivity index (χ4v) is 2.87. The van der Waals surface area contributed by atoms with Gasteiger partial charge in [0.2, 0.25) is 0 Å². The van der Waals surface area contributed by atoms with E-state index in [0.717, 1.165) is 3.57 Å². The van der Waals surface area contributed by atoms with Crippen LogP contribution in [-0.4, -0.2) is 4.92 Å². The molecule has 4 nitrogen and oxygen atoms in total. The number of ether oxygens (including phenoxy) is 1. The molecule has 0 bridgehead atoms. The SMILES string of the molecule is O=[N+]([O-])c1cccc(C#Cc2ccc(F)cc2COc2cc(F)ccc2I)c1. The van der Waals surface area contributed by atoms with Crippen molar-refractivity contribution in [3.05, 3.63) is 103 Å². The zero-order valence-corrected chi connectivity index (χ0v) is 16.4. The van der Waals surface area contributed by atoms with Crippen LogP contribution in [0.3, 0.4) is 0 Å². The number of halogens is 3. The zero-order chi connectivity index (χ0) is 20.1. The summed E-state index contributed by atoms with van der Waals surface area (Å²) < 4.78 is 33.4. The normalized spacial score (nSPS) is 10.1. The molecule has 140 valence electrons. The van der Waals surface area contributed by atoms with Crippen molar-refractivity contribution in [2.24, 2.45) is 0 Å². The number of nitro benzene ring substituents is 1. The summed E-state index contributed by atoms with van der Waals surface area (Å²) >= 11 is 2.02. The van der Waals surface area contributed by atoms with Crippen LogP contribution in [0.5, 0.6) is 5.75 Å². The van der Waals surface area contributed by atoms with Crippen LogP contribution in [0.15, 0.2) is 60.7 Å². The van der Waals surface area contributed by atoms with E-state index in [2.05, 4.69) is 11.8 Å². The van der Waals surface area contributed by atoms with Gasteiger partial charge in [-0.05, 0) is 59.0 Å². The molecule has 0 spiro atoms. The lowest BCUT2D eigenvalue weighted by Gasteiger charge is -2.10. The van der Waals surface area contributed by atoms with Gasteiger partial charge in [0, 0.05) is 34.9 Å². The fourth-order valence-electron chi connectivity index (χ4n) is 2.38. The number of hydrogen-bond acceptors (Lipinski definition) is 3. The molecular formula is C21H12F2INO3. The summed E-state index contributed by atoms with van der Waals surface area (Å²) in [7, 11) is 0. The van der Waals surface area contributed by atoms with E-state index in [1.54, 1.807) is 18.2 Å². The van der Waals surface area contributed by atoms with Crippen molar-refractivity contribution in [3.8, 4) is 17.6 Å². The molecule has 28 heavy (non-hydrogen) atoms. The third-order valence-corrected chi connectivity index (χ3v) is 4.63. The number of non-ortho nitro benzene ring substituents is 1. The van der Waals surface area contributed by atoms with E-state index in [-0.39, 0.29) is 12.3 Å². The van der Waals surface area contributed by atoms with Crippen molar-refractivity contribution in [3.63, 3.8) is 0 Å². The highest BCUT2D eigenvalue weighted by atomic mass is 127. The Hall–Kier alpha value is -2.99. The summed E-state index contributed by atoms with van der Waals surface area (Å²) in [5, 5.41) is 10.9. The molecule has 0 fully saturated rings. The minimum atomic E-state index is -0.497. The largest absolute Gasteiger partial charge is 0.488 e. The van der Waals surface area contributed by atoms with Crippen molar-refractivity contribution in [2.45, 2.75) is 6.61 Å². The molecular weight excluding hydrogens is 479 g/mol. The molecule has 0 aliphatic heterocycles. The van der Waals surface area contributed by atoms with Crippen LogP contribution < -0.4 is 4.74 Å². The van der Waals surface area contributed by atoms with E-state index in [0.29, 0.717) is 22.4 Å². The van der Waals surface area contributed by atoms with Crippen molar-refractivity contribution in [2.75, 3.05) is 0 Å². The monoisotopic (exact) mass is 491 g/mol. The van der Waals surface area contributed by atoms with Crippen molar-refractivity contribution >= 4 is 28.3 Å². The summed E-state index contributed by atoms with van der Waals surface area (Å²) in [6.07, 6.45) is 0. The quantitative estimate of drug-likeness (QED) is 0.211. The molecule has 0 aromatic heterocycles. The van der Waals surface area contributed by atoms with Gasteiger partial charge in [0.1, 0.15) is 24.0 Å². The number of nitro groups is 1. The van der Waals surface area contributed by atoms with Gasteiger partial charge in [-0.25, -0.2) is 8.78 Å². The van der Waals surface area contributed by atoms with Crippen LogP contribution in [0.1, 0.15) is 16.7 Å². The Morgan fingerprint density at radius 3 is 2.54 bits per heavy atom. The van der Waals surface area contributed by atoms with Gasteiger partial charge in [-0.3, -0.25) is 10.1 Å². The lowest BCUT2D eigenvalue weighted by Crippen LogP contribution is -2.01. The maximum absolute atomic E-state index is 13.7. The average Bonchev–Trinajstić information content (AvgIpc) is 2.68. The van der Waals surface area contributed by atoms with Crippen LogP contribution in [0.4, 0.5) is 14.5 Å². The topological polar surface area (TPSA) is 52.4 Å². The van der Waals surface area contributed by atoms with Gasteiger partial charge in [0.25, 0.3) is 5.69 Å². The summed E-state index contributed by atoms with van der Waals surface area (Å²) in [5.74, 6) is 5.20. The van der Waals surface area contributed by atoms with Gasteiger partial charge in [0.05, 0.1) is 8.49 Å². The van der Waals surface area contributed by atoms with Crippen LogP contribution >= 0.6 is 22.6 Å². The molecule has 0 N–H and O–H groups in total. The molecule has 3 rings (SSSR count). The Morgan fingerprint density at radius 2 is 1.75 bits per heavy atom. The summed E-state index contributed by atoms with van der Waals surface area (Å²) in [6.45, 7) is -0.00380. The smallest absolute Gasteiger partial charge is 0.270 e. The summed E-state index contributed by atoms with van der Waals surface area (Å²) in [6, 6.07) is 14.2. The van der Waals surface area contributed by atoms with Gasteiger partial charge in [-0.2, -0.15) is 0 Å². The first-order valence-corrected chi connectivity index (χ1v) is 9.13. The molecule has 0 aliphatic carbocycles. The van der Waals surface area contributed by atoms with E-state index < -0.39 is 16.6 Å². The van der Waals surface area contributed by atoms with Crippen molar-refractivity contribution in [1.82, 2.24) is 0 Å². The zero-order valence-electron chi connectivity index (χ0n) is 14.3. The van der Waals surface area contributed by atoms with Gasteiger partial charge in [-0.15, -0.1) is 0 Å². The standard InChI is InChI=1S/C21H12F2INO3/c22-17-7-6-15(5-4-14-2-1-3-19(10-14)25(26)27)16(11-17)13-28-21-12-18(23)8-9-20(21)24/h1-3,6-12H,13H2. The number of benzene rings is 3. The summed E-state index contributed by atoms with van der Waals surface area (Å²) in [5.41, 5.74) is 1.40. The Kier molecular flexibility index (Phi) is 6.21. The lowest BCUT2D eigenvalue weighted by molar-refractivity contribution is -0.384. The highest BCUT2D eigenvalue weighted by Crippen LogP contribution is 2.23. The Bertz CT molecular complexity index is 1110. The van der Waals surface area contributed by atoms with Crippen molar-refractivity contribution in [1.29, 1.82) is 0 Å². The maximum Gasteiger partial charge on any atom is 0.270 e. The minimum absolute atomic E-state index is 0.00380. The highest BCUT2D eigenvalue weighted by Gasteiger charge is 2.08. The van der Waals surface area contributed by atoms with E-state index in [4.69, 9.17) is 4.74 Å². The van der Waals surface area contributed by atoms with Gasteiger partial charge in [-0.1, -0.05) is 17.9 Å². The third-order valence-electron chi connectivity index (χ3n) is 3.74. The Morgan fingerprint density at radius 1 is 1.00 bits per heavy atom. The van der Waals surface area contributed by atoms with E-state index in [9.17, 15) is 18.9 Å². The number of nitrogens with zero attached hydrogens (tertiary/aromatic N) is 1. The Balaban J connectivity index is 1.87. The predicted molar refractivity (Wildman–Crippen MR) is 109 cm³/mol. The Labute approximate surface area is 173 Å². The maximum atomic E-state index is 13.7. The van der Waals surface area contributed by atoms with Crippen LogP contribution in [0.25, 0.3) is 0 Å². The predicted octanol–water partition coefficient (Wildman–Crippen LogP) is 5.46. The molecule has 0 radical (unpaired) electrons. The first-order valence-electron chi connectivity index (χ1n) is 8.05. The highest BCUT2D eigenvalue weighted by molar-refractivity contribution is 14.1. The molecule has 0 heterocycles. The molecule has 0 atom stereocenters. The van der Waals surface area contributed by atoms with E-state index in [1.165, 1.54) is 42.5 Å². The van der Waals surface area contributed by atoms with Gasteiger partial charge < -0.3 is 4.74 Å². The van der Waals surface area contributed by atoms with Gasteiger partial charge >= 0.3 is 0 Å². The van der Waals surface area contributed by atoms with Crippen LogP contribution in [-0.2, 0) is 6.61 Å². The molecule has 0 aliphatic rings.